The number of amides is 1. The Bertz CT molecular complexity index is 1020. The molecule has 1 aliphatic carbocycles. The van der Waals surface area contributed by atoms with Crippen LogP contribution < -0.4 is 10.1 Å². The Morgan fingerprint density at radius 2 is 1.74 bits per heavy atom. The monoisotopic (exact) mass is 545 g/mol. The van der Waals surface area contributed by atoms with E-state index in [-0.39, 0.29) is 29.9 Å². The Labute approximate surface area is 214 Å². The standard InChI is InChI=1S/C27H32BrNO6/c1-17(2)21-13-8-18(3)14-24(21)35-26(31)16-34-27(32)22-6-4-5-7-23(22)33-15-25(30)29-20-11-9-19(28)10-12-20/h4-7,9-12,17-18,21,24H,8,13-16H2,1-3H3,(H,29,30). The van der Waals surface area contributed by atoms with Crippen LogP contribution in [-0.2, 0) is 19.1 Å². The van der Waals surface area contributed by atoms with E-state index in [1.807, 2.05) is 12.1 Å². The maximum Gasteiger partial charge on any atom is 0.344 e. The van der Waals surface area contributed by atoms with Crippen LogP contribution in [0.15, 0.2) is 53.0 Å². The van der Waals surface area contributed by atoms with E-state index < -0.39 is 18.5 Å². The van der Waals surface area contributed by atoms with E-state index in [9.17, 15) is 14.4 Å². The summed E-state index contributed by atoms with van der Waals surface area (Å²) in [6.45, 7) is 5.66. The number of benzene rings is 2. The van der Waals surface area contributed by atoms with Gasteiger partial charge in [0.2, 0.25) is 0 Å². The molecule has 3 unspecified atom stereocenters. The van der Waals surface area contributed by atoms with Gasteiger partial charge >= 0.3 is 11.9 Å². The zero-order chi connectivity index (χ0) is 25.4. The van der Waals surface area contributed by atoms with Crippen molar-refractivity contribution in [3.05, 3.63) is 58.6 Å². The number of nitrogens with one attached hydrogen (secondary N) is 1. The van der Waals surface area contributed by atoms with Crippen molar-refractivity contribution in [1.82, 2.24) is 0 Å². The lowest BCUT2D eigenvalue weighted by Gasteiger charge is -2.36. The number of esters is 2. The Kier molecular flexibility index (Phi) is 9.72. The molecule has 1 fully saturated rings. The Balaban J connectivity index is 1.52. The summed E-state index contributed by atoms with van der Waals surface area (Å²) in [6.07, 6.45) is 2.81. The zero-order valence-corrected chi connectivity index (χ0v) is 21.9. The van der Waals surface area contributed by atoms with E-state index >= 15 is 0 Å². The first kappa shape index (κ1) is 26.7. The predicted molar refractivity (Wildman–Crippen MR) is 136 cm³/mol. The zero-order valence-electron chi connectivity index (χ0n) is 20.3. The molecule has 1 saturated carbocycles. The molecule has 0 aliphatic heterocycles. The summed E-state index contributed by atoms with van der Waals surface area (Å²) in [4.78, 5) is 37.3. The number of rotatable bonds is 9. The van der Waals surface area contributed by atoms with E-state index in [4.69, 9.17) is 14.2 Å². The van der Waals surface area contributed by atoms with Crippen molar-refractivity contribution >= 4 is 39.5 Å². The molecule has 0 bridgehead atoms. The number of hydrogen-bond acceptors (Lipinski definition) is 6. The average Bonchev–Trinajstić information content (AvgIpc) is 2.82. The molecule has 188 valence electrons. The first-order chi connectivity index (χ1) is 16.7. The van der Waals surface area contributed by atoms with E-state index in [0.29, 0.717) is 23.4 Å². The van der Waals surface area contributed by atoms with Gasteiger partial charge in [-0.3, -0.25) is 4.79 Å². The van der Waals surface area contributed by atoms with Gasteiger partial charge in [0, 0.05) is 10.2 Å². The molecule has 2 aromatic rings. The highest BCUT2D eigenvalue weighted by Crippen LogP contribution is 2.35. The molecule has 1 N–H and O–H groups in total. The molecular weight excluding hydrogens is 514 g/mol. The van der Waals surface area contributed by atoms with Gasteiger partial charge in [-0.15, -0.1) is 0 Å². The first-order valence-corrected chi connectivity index (χ1v) is 12.7. The van der Waals surface area contributed by atoms with E-state index in [2.05, 4.69) is 42.0 Å². The number of para-hydroxylation sites is 1. The summed E-state index contributed by atoms with van der Waals surface area (Å²) in [7, 11) is 0. The first-order valence-electron chi connectivity index (χ1n) is 11.9. The maximum atomic E-state index is 12.6. The Morgan fingerprint density at radius 3 is 2.46 bits per heavy atom. The van der Waals surface area contributed by atoms with Gasteiger partial charge in [-0.2, -0.15) is 0 Å². The lowest BCUT2D eigenvalue weighted by atomic mass is 9.75. The van der Waals surface area contributed by atoms with Gasteiger partial charge in [0.05, 0.1) is 0 Å². The van der Waals surface area contributed by atoms with Crippen LogP contribution in [0.5, 0.6) is 5.75 Å². The lowest BCUT2D eigenvalue weighted by molar-refractivity contribution is -0.159. The second-order valence-corrected chi connectivity index (χ2v) is 10.2. The normalized spacial score (nSPS) is 19.6. The Hall–Kier alpha value is -2.87. The van der Waals surface area contributed by atoms with Crippen LogP contribution in [-0.4, -0.2) is 37.2 Å². The number of hydrogen-bond donors (Lipinski definition) is 1. The number of carbonyl (C=O) groups excluding carboxylic acids is 3. The van der Waals surface area contributed by atoms with Gasteiger partial charge in [0.25, 0.3) is 5.91 Å². The number of ether oxygens (including phenoxy) is 3. The summed E-state index contributed by atoms with van der Waals surface area (Å²) in [5.74, 6) is -0.247. The summed E-state index contributed by atoms with van der Waals surface area (Å²) < 4.78 is 17.4. The molecule has 0 heterocycles. The molecule has 2 aromatic carbocycles. The fourth-order valence-corrected chi connectivity index (χ4v) is 4.55. The SMILES string of the molecule is CC1CCC(C(C)C)C(OC(=O)COC(=O)c2ccccc2OCC(=O)Nc2ccc(Br)cc2)C1. The van der Waals surface area contributed by atoms with Crippen molar-refractivity contribution in [2.45, 2.75) is 46.1 Å². The van der Waals surface area contributed by atoms with Crippen molar-refractivity contribution < 1.29 is 28.6 Å². The predicted octanol–water partition coefficient (Wildman–Crippen LogP) is 5.63. The molecule has 35 heavy (non-hydrogen) atoms. The fraction of sp³-hybridized carbons (Fsp3) is 0.444. The largest absolute Gasteiger partial charge is 0.483 e. The molecule has 3 rings (SSSR count). The van der Waals surface area contributed by atoms with Crippen molar-refractivity contribution in [2.24, 2.45) is 17.8 Å². The topological polar surface area (TPSA) is 90.9 Å². The number of halogens is 1. The molecule has 0 aromatic heterocycles. The minimum atomic E-state index is -0.719. The van der Waals surface area contributed by atoms with Gasteiger partial charge in [-0.05, 0) is 67.0 Å². The molecule has 7 nitrogen and oxygen atoms in total. The van der Waals surface area contributed by atoms with Crippen LogP contribution in [0.25, 0.3) is 0 Å². The van der Waals surface area contributed by atoms with Crippen LogP contribution in [0, 0.1) is 17.8 Å². The summed E-state index contributed by atoms with van der Waals surface area (Å²) in [5.41, 5.74) is 0.753. The number of carbonyl (C=O) groups is 3. The summed E-state index contributed by atoms with van der Waals surface area (Å²) in [6, 6.07) is 13.6. The second-order valence-electron chi connectivity index (χ2n) is 9.27. The molecule has 0 radical (unpaired) electrons. The average molecular weight is 546 g/mol. The van der Waals surface area contributed by atoms with Gasteiger partial charge in [0.15, 0.2) is 13.2 Å². The van der Waals surface area contributed by atoms with E-state index in [1.165, 1.54) is 6.07 Å². The molecular formula is C27H32BrNO6. The summed E-state index contributed by atoms with van der Waals surface area (Å²) >= 11 is 3.34. The highest BCUT2D eigenvalue weighted by atomic mass is 79.9. The Morgan fingerprint density at radius 1 is 1.03 bits per heavy atom. The molecule has 1 amide bonds. The minimum absolute atomic E-state index is 0.128. The lowest BCUT2D eigenvalue weighted by Crippen LogP contribution is -2.36. The van der Waals surface area contributed by atoms with Gasteiger partial charge in [-0.25, -0.2) is 9.59 Å². The van der Waals surface area contributed by atoms with Gasteiger partial charge in [0.1, 0.15) is 17.4 Å². The van der Waals surface area contributed by atoms with Crippen LogP contribution in [0.1, 0.15) is 50.4 Å². The second kappa shape index (κ2) is 12.7. The highest BCUT2D eigenvalue weighted by molar-refractivity contribution is 9.10. The van der Waals surface area contributed by atoms with Crippen molar-refractivity contribution in [3.63, 3.8) is 0 Å². The minimum Gasteiger partial charge on any atom is -0.483 e. The summed E-state index contributed by atoms with van der Waals surface area (Å²) in [5, 5.41) is 2.72. The van der Waals surface area contributed by atoms with Crippen LogP contribution in [0.4, 0.5) is 5.69 Å². The van der Waals surface area contributed by atoms with E-state index in [0.717, 1.165) is 23.7 Å². The third kappa shape index (κ3) is 8.09. The molecule has 1 aliphatic rings. The third-order valence-corrected chi connectivity index (χ3v) is 6.69. The van der Waals surface area contributed by atoms with Crippen molar-refractivity contribution in [3.8, 4) is 5.75 Å². The smallest absolute Gasteiger partial charge is 0.344 e. The molecule has 3 atom stereocenters. The van der Waals surface area contributed by atoms with Gasteiger partial charge < -0.3 is 19.5 Å². The van der Waals surface area contributed by atoms with E-state index in [1.54, 1.807) is 30.3 Å². The molecule has 0 saturated heterocycles. The van der Waals surface area contributed by atoms with Gasteiger partial charge in [-0.1, -0.05) is 55.3 Å². The highest BCUT2D eigenvalue weighted by Gasteiger charge is 2.33. The maximum absolute atomic E-state index is 12.6. The fourth-order valence-electron chi connectivity index (χ4n) is 4.29. The number of anilines is 1. The molecule has 8 heteroatoms. The third-order valence-electron chi connectivity index (χ3n) is 6.16. The quantitative estimate of drug-likeness (QED) is 0.410. The molecule has 0 spiro atoms. The van der Waals surface area contributed by atoms with Crippen molar-refractivity contribution in [1.29, 1.82) is 0 Å². The van der Waals surface area contributed by atoms with Crippen LogP contribution in [0.2, 0.25) is 0 Å². The van der Waals surface area contributed by atoms with Crippen LogP contribution >= 0.6 is 15.9 Å². The van der Waals surface area contributed by atoms with Crippen molar-refractivity contribution in [2.75, 3.05) is 18.5 Å². The van der Waals surface area contributed by atoms with Crippen LogP contribution in [0.3, 0.4) is 0 Å².